The van der Waals surface area contributed by atoms with Crippen molar-refractivity contribution in [1.29, 1.82) is 0 Å². The van der Waals surface area contributed by atoms with Gasteiger partial charge in [-0.3, -0.25) is 10.1 Å². The highest BCUT2D eigenvalue weighted by Gasteiger charge is 2.32. The Morgan fingerprint density at radius 2 is 1.41 bits per heavy atom. The van der Waals surface area contributed by atoms with Crippen LogP contribution in [0.4, 0.5) is 4.39 Å². The van der Waals surface area contributed by atoms with Crippen molar-refractivity contribution in [2.75, 3.05) is 6.61 Å². The van der Waals surface area contributed by atoms with E-state index in [4.69, 9.17) is 4.74 Å². The summed E-state index contributed by atoms with van der Waals surface area (Å²) < 4.78 is 18.5. The van der Waals surface area contributed by atoms with Crippen molar-refractivity contribution in [2.45, 2.75) is 25.1 Å². The van der Waals surface area contributed by atoms with Crippen molar-refractivity contribution in [3.63, 3.8) is 0 Å². The van der Waals surface area contributed by atoms with Crippen LogP contribution in [-0.2, 0) is 9.53 Å². The maximum atomic E-state index is 13.3. The quantitative estimate of drug-likeness (QED) is 0.564. The van der Waals surface area contributed by atoms with Gasteiger partial charge in [0.2, 0.25) is 0 Å². The van der Waals surface area contributed by atoms with Gasteiger partial charge in [-0.2, -0.15) is 0 Å². The number of carbonyl (C=O) groups is 1. The monoisotopic (exact) mass is 393 g/mol. The van der Waals surface area contributed by atoms with E-state index in [2.05, 4.69) is 5.32 Å². The minimum atomic E-state index is -1.20. The Morgan fingerprint density at radius 1 is 0.897 bits per heavy atom. The van der Waals surface area contributed by atoms with Crippen molar-refractivity contribution >= 4 is 5.97 Å². The molecule has 0 aromatic heterocycles. The molecule has 3 rings (SSSR count). The van der Waals surface area contributed by atoms with Crippen molar-refractivity contribution in [3.05, 3.63) is 107 Å². The number of aliphatic hydroxyl groups is 1. The number of benzene rings is 3. The Kier molecular flexibility index (Phi) is 7.11. The van der Waals surface area contributed by atoms with Crippen LogP contribution in [0.5, 0.6) is 0 Å². The van der Waals surface area contributed by atoms with E-state index in [1.807, 2.05) is 60.7 Å². The number of carbonyl (C=O) groups excluding carboxylic acids is 1. The van der Waals surface area contributed by atoms with Gasteiger partial charge in [-0.15, -0.1) is 0 Å². The van der Waals surface area contributed by atoms with Crippen LogP contribution in [-0.4, -0.2) is 23.7 Å². The molecule has 0 aliphatic carbocycles. The molecule has 0 unspecified atom stereocenters. The molecule has 4 nitrogen and oxygen atoms in total. The van der Waals surface area contributed by atoms with Crippen molar-refractivity contribution in [1.82, 2.24) is 5.32 Å². The zero-order chi connectivity index (χ0) is 20.6. The summed E-state index contributed by atoms with van der Waals surface area (Å²) in [5.74, 6) is -0.978. The molecule has 0 aliphatic heterocycles. The molecule has 0 spiro atoms. The summed E-state index contributed by atoms with van der Waals surface area (Å²) in [7, 11) is 0. The summed E-state index contributed by atoms with van der Waals surface area (Å²) in [4.78, 5) is 12.7. The fraction of sp³-hybridized carbons (Fsp3) is 0.208. The SMILES string of the molecule is CCOC(=O)[C@H](NC(c1ccccc1)c1ccccc1)[C@@H](O)c1ccc(F)cc1. The molecular weight excluding hydrogens is 369 g/mol. The van der Waals surface area contributed by atoms with Gasteiger partial charge < -0.3 is 9.84 Å². The fourth-order valence-electron chi connectivity index (χ4n) is 3.23. The summed E-state index contributed by atoms with van der Waals surface area (Å²) >= 11 is 0. The first kappa shape index (κ1) is 20.7. The number of aliphatic hydroxyl groups excluding tert-OH is 1. The molecule has 0 saturated heterocycles. The second-order valence-corrected chi connectivity index (χ2v) is 6.65. The van der Waals surface area contributed by atoms with Gasteiger partial charge in [0.15, 0.2) is 0 Å². The van der Waals surface area contributed by atoms with Gasteiger partial charge in [-0.25, -0.2) is 4.39 Å². The molecule has 0 aliphatic rings. The van der Waals surface area contributed by atoms with Gasteiger partial charge in [-0.1, -0.05) is 72.8 Å². The molecule has 5 heteroatoms. The predicted molar refractivity (Wildman–Crippen MR) is 110 cm³/mol. The summed E-state index contributed by atoms with van der Waals surface area (Å²) in [6, 6.07) is 23.4. The zero-order valence-corrected chi connectivity index (χ0v) is 16.2. The molecule has 2 atom stereocenters. The van der Waals surface area contributed by atoms with E-state index in [0.717, 1.165) is 11.1 Å². The van der Waals surface area contributed by atoms with E-state index < -0.39 is 23.9 Å². The summed E-state index contributed by atoms with van der Waals surface area (Å²) in [5, 5.41) is 14.2. The van der Waals surface area contributed by atoms with E-state index >= 15 is 0 Å². The average molecular weight is 393 g/mol. The van der Waals surface area contributed by atoms with E-state index in [9.17, 15) is 14.3 Å². The Hall–Kier alpha value is -3.02. The van der Waals surface area contributed by atoms with Crippen molar-refractivity contribution < 1.29 is 19.0 Å². The molecule has 3 aromatic rings. The highest BCUT2D eigenvalue weighted by Crippen LogP contribution is 2.26. The van der Waals surface area contributed by atoms with Gasteiger partial charge in [-0.05, 0) is 35.7 Å². The zero-order valence-electron chi connectivity index (χ0n) is 16.2. The van der Waals surface area contributed by atoms with Gasteiger partial charge in [0.1, 0.15) is 18.0 Å². The van der Waals surface area contributed by atoms with Gasteiger partial charge in [0.25, 0.3) is 0 Å². The number of hydrogen-bond donors (Lipinski definition) is 2. The molecule has 2 N–H and O–H groups in total. The van der Waals surface area contributed by atoms with Crippen LogP contribution >= 0.6 is 0 Å². The van der Waals surface area contributed by atoms with Crippen LogP contribution in [0.1, 0.15) is 35.8 Å². The minimum absolute atomic E-state index is 0.189. The lowest BCUT2D eigenvalue weighted by molar-refractivity contribution is -0.149. The molecule has 0 bridgehead atoms. The lowest BCUT2D eigenvalue weighted by Crippen LogP contribution is -2.45. The third kappa shape index (κ3) is 5.28. The second-order valence-electron chi connectivity index (χ2n) is 6.65. The first-order valence-electron chi connectivity index (χ1n) is 9.56. The van der Waals surface area contributed by atoms with Gasteiger partial charge in [0, 0.05) is 0 Å². The highest BCUT2D eigenvalue weighted by molar-refractivity contribution is 5.77. The summed E-state index contributed by atoms with van der Waals surface area (Å²) in [6.45, 7) is 1.90. The Morgan fingerprint density at radius 3 is 1.90 bits per heavy atom. The van der Waals surface area contributed by atoms with Crippen molar-refractivity contribution in [3.8, 4) is 0 Å². The number of halogens is 1. The van der Waals surface area contributed by atoms with Crippen LogP contribution in [0.3, 0.4) is 0 Å². The van der Waals surface area contributed by atoms with Crippen LogP contribution in [0, 0.1) is 5.82 Å². The van der Waals surface area contributed by atoms with Crippen LogP contribution in [0.15, 0.2) is 84.9 Å². The maximum Gasteiger partial charge on any atom is 0.326 e. The molecular formula is C24H24FNO3. The topological polar surface area (TPSA) is 58.6 Å². The number of ether oxygens (including phenoxy) is 1. The van der Waals surface area contributed by atoms with E-state index in [1.54, 1.807) is 6.92 Å². The number of hydrogen-bond acceptors (Lipinski definition) is 4. The van der Waals surface area contributed by atoms with E-state index in [-0.39, 0.29) is 12.6 Å². The summed E-state index contributed by atoms with van der Waals surface area (Å²) in [6.07, 6.45) is -1.20. The lowest BCUT2D eigenvalue weighted by Gasteiger charge is -2.28. The number of nitrogens with one attached hydrogen (secondary N) is 1. The molecule has 0 fully saturated rings. The van der Waals surface area contributed by atoms with Gasteiger partial charge in [0.05, 0.1) is 12.6 Å². The molecule has 0 radical (unpaired) electrons. The maximum absolute atomic E-state index is 13.3. The molecule has 29 heavy (non-hydrogen) atoms. The normalized spacial score (nSPS) is 13.1. The highest BCUT2D eigenvalue weighted by atomic mass is 19.1. The third-order valence-electron chi connectivity index (χ3n) is 4.68. The first-order chi connectivity index (χ1) is 14.1. The standard InChI is InChI=1S/C24H24FNO3/c1-2-29-24(28)22(23(27)19-13-15-20(25)16-14-19)26-21(17-9-5-3-6-10-17)18-11-7-4-8-12-18/h3-16,21-23,26-27H,2H2,1H3/t22-,23+/m1/s1. The third-order valence-corrected chi connectivity index (χ3v) is 4.68. The van der Waals surface area contributed by atoms with Crippen molar-refractivity contribution in [2.24, 2.45) is 0 Å². The lowest BCUT2D eigenvalue weighted by atomic mass is 9.95. The Balaban J connectivity index is 1.97. The molecule has 0 heterocycles. The molecule has 3 aromatic carbocycles. The molecule has 0 amide bonds. The Labute approximate surface area is 170 Å². The fourth-order valence-corrected chi connectivity index (χ4v) is 3.23. The van der Waals surface area contributed by atoms with Crippen LogP contribution in [0.2, 0.25) is 0 Å². The molecule has 0 saturated carbocycles. The Bertz CT molecular complexity index is 861. The average Bonchev–Trinajstić information content (AvgIpc) is 2.76. The van der Waals surface area contributed by atoms with E-state index in [1.165, 1.54) is 24.3 Å². The van der Waals surface area contributed by atoms with Crippen LogP contribution < -0.4 is 5.32 Å². The minimum Gasteiger partial charge on any atom is -0.465 e. The van der Waals surface area contributed by atoms with Crippen LogP contribution in [0.25, 0.3) is 0 Å². The van der Waals surface area contributed by atoms with E-state index in [0.29, 0.717) is 5.56 Å². The number of esters is 1. The smallest absolute Gasteiger partial charge is 0.326 e. The van der Waals surface area contributed by atoms with Gasteiger partial charge >= 0.3 is 5.97 Å². The largest absolute Gasteiger partial charge is 0.465 e. The molecule has 150 valence electrons. The first-order valence-corrected chi connectivity index (χ1v) is 9.56. The predicted octanol–water partition coefficient (Wildman–Crippen LogP) is 4.17. The summed E-state index contributed by atoms with van der Waals surface area (Å²) in [5.41, 5.74) is 2.32. The number of rotatable bonds is 8. The second kappa shape index (κ2) is 9.96.